The molecule has 3 aromatic rings. The van der Waals surface area contributed by atoms with Gasteiger partial charge in [-0.15, -0.1) is 0 Å². The summed E-state index contributed by atoms with van der Waals surface area (Å²) >= 11 is 0. The molecule has 0 atom stereocenters. The van der Waals surface area contributed by atoms with Crippen LogP contribution in [0.3, 0.4) is 0 Å². The molecule has 0 bridgehead atoms. The number of carbonyl (C=O) groups excluding carboxylic acids is 1. The van der Waals surface area contributed by atoms with Crippen molar-refractivity contribution in [2.75, 3.05) is 27.3 Å². The molecule has 0 aliphatic carbocycles. The van der Waals surface area contributed by atoms with Gasteiger partial charge in [0.15, 0.2) is 0 Å². The number of rotatable bonds is 7. The Labute approximate surface area is 217 Å². The average Bonchev–Trinajstić information content (AvgIpc) is 3.29. The van der Waals surface area contributed by atoms with Gasteiger partial charge in [-0.1, -0.05) is 6.07 Å². The molecule has 6 nitrogen and oxygen atoms in total. The van der Waals surface area contributed by atoms with Crippen molar-refractivity contribution in [1.82, 2.24) is 9.80 Å². The summed E-state index contributed by atoms with van der Waals surface area (Å²) in [4.78, 5) is 17.8. The second-order valence-corrected chi connectivity index (χ2v) is 9.80. The van der Waals surface area contributed by atoms with E-state index in [1.807, 2.05) is 36.1 Å². The van der Waals surface area contributed by atoms with E-state index in [1.54, 1.807) is 20.3 Å². The van der Waals surface area contributed by atoms with Crippen molar-refractivity contribution >= 4 is 11.7 Å². The molecule has 0 spiro atoms. The van der Waals surface area contributed by atoms with Crippen LogP contribution in [0.25, 0.3) is 11.1 Å². The van der Waals surface area contributed by atoms with Crippen LogP contribution in [-0.2, 0) is 19.5 Å². The molecule has 192 valence electrons. The summed E-state index contributed by atoms with van der Waals surface area (Å²) in [5, 5.41) is 8.27. The summed E-state index contributed by atoms with van der Waals surface area (Å²) in [6.45, 7) is 4.35. The van der Waals surface area contributed by atoms with E-state index in [4.69, 9.17) is 14.9 Å². The minimum atomic E-state index is -0.271. The van der Waals surface area contributed by atoms with E-state index < -0.39 is 0 Å². The first-order valence-corrected chi connectivity index (χ1v) is 12.6. The molecule has 2 heterocycles. The number of fused-ring (bicyclic) bond motifs is 1. The molecule has 0 saturated carbocycles. The smallest absolute Gasteiger partial charge is 0.254 e. The summed E-state index contributed by atoms with van der Waals surface area (Å²) in [7, 11) is 3.23. The molecule has 2 aliphatic rings. The van der Waals surface area contributed by atoms with E-state index in [9.17, 15) is 9.18 Å². The van der Waals surface area contributed by atoms with Gasteiger partial charge in [-0.25, -0.2) is 4.39 Å². The zero-order chi connectivity index (χ0) is 26.1. The van der Waals surface area contributed by atoms with Crippen molar-refractivity contribution in [3.8, 4) is 22.6 Å². The largest absolute Gasteiger partial charge is 0.497 e. The lowest BCUT2D eigenvalue weighted by molar-refractivity contribution is 0.0726. The van der Waals surface area contributed by atoms with Gasteiger partial charge in [0, 0.05) is 44.2 Å². The number of benzene rings is 3. The standard InChI is InChI=1S/C30H32FN3O3/c1-19-11-22(31)6-7-25(19)27-14-21(17-33-9-4-5-29(33)32)15-28-26(27)8-10-34(30(28)35)18-20-12-23(36-2)16-24(13-20)37-3/h6-7,11-16,32H,4-5,8-10,17-18H2,1-3H3. The normalized spacial score (nSPS) is 15.2. The highest BCUT2D eigenvalue weighted by Gasteiger charge is 2.29. The number of aryl methyl sites for hydroxylation is 1. The highest BCUT2D eigenvalue weighted by molar-refractivity contribution is 5.99. The minimum Gasteiger partial charge on any atom is -0.497 e. The Balaban J connectivity index is 1.53. The number of nitrogens with zero attached hydrogens (tertiary/aromatic N) is 2. The first kappa shape index (κ1) is 24.8. The van der Waals surface area contributed by atoms with Crippen molar-refractivity contribution in [2.24, 2.45) is 0 Å². The third-order valence-electron chi connectivity index (χ3n) is 7.32. The zero-order valence-corrected chi connectivity index (χ0v) is 21.6. The van der Waals surface area contributed by atoms with Gasteiger partial charge in [0.2, 0.25) is 0 Å². The third kappa shape index (κ3) is 5.03. The monoisotopic (exact) mass is 501 g/mol. The number of amides is 1. The number of nitrogens with one attached hydrogen (secondary N) is 1. The second kappa shape index (κ2) is 10.2. The zero-order valence-electron chi connectivity index (χ0n) is 21.6. The highest BCUT2D eigenvalue weighted by atomic mass is 19.1. The lowest BCUT2D eigenvalue weighted by atomic mass is 9.86. The van der Waals surface area contributed by atoms with Gasteiger partial charge in [0.25, 0.3) is 5.91 Å². The summed E-state index contributed by atoms with van der Waals surface area (Å²) < 4.78 is 24.7. The summed E-state index contributed by atoms with van der Waals surface area (Å²) in [6, 6.07) is 14.6. The molecule has 0 unspecified atom stereocenters. The fourth-order valence-corrected chi connectivity index (χ4v) is 5.43. The van der Waals surface area contributed by atoms with E-state index in [-0.39, 0.29) is 11.7 Å². The fourth-order valence-electron chi connectivity index (χ4n) is 5.43. The van der Waals surface area contributed by atoms with E-state index in [0.717, 1.165) is 52.8 Å². The van der Waals surface area contributed by atoms with E-state index in [1.165, 1.54) is 12.1 Å². The third-order valence-corrected chi connectivity index (χ3v) is 7.32. The predicted octanol–water partition coefficient (Wildman–Crippen LogP) is 5.59. The molecule has 2 aliphatic heterocycles. The van der Waals surface area contributed by atoms with E-state index in [0.29, 0.717) is 49.0 Å². The number of hydrogen-bond acceptors (Lipinski definition) is 4. The SMILES string of the molecule is COc1cc(CN2CCc3c(cc(CN4CCCC4=N)cc3-c3ccc(F)cc3C)C2=O)cc(OC)c1. The Morgan fingerprint density at radius 3 is 2.16 bits per heavy atom. The second-order valence-electron chi connectivity index (χ2n) is 9.80. The summed E-state index contributed by atoms with van der Waals surface area (Å²) in [6.07, 6.45) is 2.46. The molecular formula is C30H32FN3O3. The summed E-state index contributed by atoms with van der Waals surface area (Å²) in [5.74, 6) is 1.71. The van der Waals surface area contributed by atoms with Crippen LogP contribution in [0.2, 0.25) is 0 Å². The Hall–Kier alpha value is -3.87. The Kier molecular flexibility index (Phi) is 6.87. The Bertz CT molecular complexity index is 1350. The number of amidine groups is 1. The van der Waals surface area contributed by atoms with Crippen molar-refractivity contribution in [2.45, 2.75) is 39.3 Å². The van der Waals surface area contributed by atoms with E-state index in [2.05, 4.69) is 11.0 Å². The number of likely N-dealkylation sites (tertiary alicyclic amines) is 1. The number of ether oxygens (including phenoxy) is 2. The number of hydrogen-bond donors (Lipinski definition) is 1. The number of halogens is 1. The molecule has 7 heteroatoms. The van der Waals surface area contributed by atoms with Gasteiger partial charge in [0.05, 0.1) is 20.1 Å². The van der Waals surface area contributed by atoms with Crippen LogP contribution in [0.4, 0.5) is 4.39 Å². The first-order chi connectivity index (χ1) is 17.9. The molecule has 0 radical (unpaired) electrons. The maximum atomic E-state index is 13.9. The van der Waals surface area contributed by atoms with Crippen molar-refractivity contribution in [3.05, 3.63) is 82.2 Å². The lowest BCUT2D eigenvalue weighted by Gasteiger charge is -2.31. The molecule has 5 rings (SSSR count). The van der Waals surface area contributed by atoms with Gasteiger partial charge in [-0.3, -0.25) is 10.2 Å². The Morgan fingerprint density at radius 2 is 1.51 bits per heavy atom. The highest BCUT2D eigenvalue weighted by Crippen LogP contribution is 2.35. The maximum absolute atomic E-state index is 13.9. The predicted molar refractivity (Wildman–Crippen MR) is 142 cm³/mol. The van der Waals surface area contributed by atoms with E-state index >= 15 is 0 Å². The fraction of sp³-hybridized carbons (Fsp3) is 0.333. The van der Waals surface area contributed by atoms with Crippen molar-refractivity contribution < 1.29 is 18.7 Å². The minimum absolute atomic E-state index is 0.0256. The van der Waals surface area contributed by atoms with Crippen LogP contribution in [0.15, 0.2) is 48.5 Å². The molecule has 1 saturated heterocycles. The van der Waals surface area contributed by atoms with Crippen LogP contribution in [0.1, 0.15) is 45.5 Å². The van der Waals surface area contributed by atoms with Crippen molar-refractivity contribution in [1.29, 1.82) is 5.41 Å². The van der Waals surface area contributed by atoms with Crippen LogP contribution in [0, 0.1) is 18.2 Å². The molecule has 1 N–H and O–H groups in total. The number of carbonyl (C=O) groups is 1. The molecule has 37 heavy (non-hydrogen) atoms. The maximum Gasteiger partial charge on any atom is 0.254 e. The topological polar surface area (TPSA) is 65.9 Å². The van der Waals surface area contributed by atoms with Crippen LogP contribution in [-0.4, -0.2) is 48.9 Å². The molecule has 1 fully saturated rings. The molecule has 0 aromatic heterocycles. The lowest BCUT2D eigenvalue weighted by Crippen LogP contribution is -2.37. The van der Waals surface area contributed by atoms with Gasteiger partial charge in [0.1, 0.15) is 17.3 Å². The van der Waals surface area contributed by atoms with Crippen LogP contribution < -0.4 is 9.47 Å². The Morgan fingerprint density at radius 1 is 0.838 bits per heavy atom. The summed E-state index contributed by atoms with van der Waals surface area (Å²) in [5.41, 5.74) is 6.36. The van der Waals surface area contributed by atoms with Crippen LogP contribution >= 0.6 is 0 Å². The average molecular weight is 502 g/mol. The molecule has 1 amide bonds. The van der Waals surface area contributed by atoms with Gasteiger partial charge in [-0.2, -0.15) is 0 Å². The van der Waals surface area contributed by atoms with Crippen LogP contribution in [0.5, 0.6) is 11.5 Å². The van der Waals surface area contributed by atoms with Crippen molar-refractivity contribution in [3.63, 3.8) is 0 Å². The van der Waals surface area contributed by atoms with Gasteiger partial charge < -0.3 is 19.3 Å². The molecule has 3 aromatic carbocycles. The molecular weight excluding hydrogens is 469 g/mol. The van der Waals surface area contributed by atoms with Gasteiger partial charge >= 0.3 is 0 Å². The van der Waals surface area contributed by atoms with Gasteiger partial charge in [-0.05, 0) is 89.5 Å². The first-order valence-electron chi connectivity index (χ1n) is 12.6. The quantitative estimate of drug-likeness (QED) is 0.458. The number of methoxy groups -OCH3 is 2.